The van der Waals surface area contributed by atoms with Crippen LogP contribution in [0.2, 0.25) is 0 Å². The molecule has 1 amide bonds. The zero-order valence-corrected chi connectivity index (χ0v) is 25.5. The van der Waals surface area contributed by atoms with Crippen molar-refractivity contribution in [2.75, 3.05) is 25.0 Å². The Bertz CT molecular complexity index is 2070. The first-order chi connectivity index (χ1) is 22.0. The molecule has 1 aliphatic carbocycles. The Hall–Kier alpha value is -4.70. The molecule has 13 heteroatoms. The Balaban J connectivity index is 1.33. The lowest BCUT2D eigenvalue weighted by Crippen LogP contribution is -2.59. The lowest BCUT2D eigenvalue weighted by atomic mass is 9.68. The summed E-state index contributed by atoms with van der Waals surface area (Å²) >= 11 is 0. The quantitative estimate of drug-likeness (QED) is 0.268. The van der Waals surface area contributed by atoms with Gasteiger partial charge in [-0.1, -0.05) is 6.07 Å². The number of benzene rings is 1. The van der Waals surface area contributed by atoms with E-state index >= 15 is 0 Å². The molecular weight excluding hydrogens is 595 g/mol. The van der Waals surface area contributed by atoms with Crippen LogP contribution in [-0.4, -0.2) is 72.2 Å². The molecule has 5 aromatic rings. The number of H-pyrrole nitrogens is 1. The molecule has 1 spiro atoms. The minimum atomic E-state index is -4.42. The summed E-state index contributed by atoms with van der Waals surface area (Å²) in [7, 11) is 3.65. The number of nitrogens with one attached hydrogen (secondary N) is 1. The van der Waals surface area contributed by atoms with Crippen LogP contribution in [0, 0.1) is 11.3 Å². The van der Waals surface area contributed by atoms with Gasteiger partial charge in [-0.25, -0.2) is 4.98 Å². The number of aryl methyl sites for hydroxylation is 1. The number of hydrogen-bond acceptors (Lipinski definition) is 6. The number of carbonyl (C=O) groups excluding carboxylic acids is 1. The number of piperidine rings is 1. The van der Waals surface area contributed by atoms with Crippen LogP contribution in [0.5, 0.6) is 0 Å². The number of carbonyl (C=O) groups is 1. The molecule has 0 unspecified atom stereocenters. The fourth-order valence-corrected chi connectivity index (χ4v) is 8.17. The van der Waals surface area contributed by atoms with Crippen LogP contribution in [-0.2, 0) is 23.8 Å². The van der Waals surface area contributed by atoms with Crippen molar-refractivity contribution in [2.45, 2.75) is 62.2 Å². The van der Waals surface area contributed by atoms with Crippen LogP contribution in [0.3, 0.4) is 0 Å². The van der Waals surface area contributed by atoms with Crippen LogP contribution < -0.4 is 4.90 Å². The summed E-state index contributed by atoms with van der Waals surface area (Å²) in [6, 6.07) is 8.37. The van der Waals surface area contributed by atoms with E-state index in [2.05, 4.69) is 26.2 Å². The highest BCUT2D eigenvalue weighted by atomic mass is 19.4. The maximum Gasteiger partial charge on any atom is 0.408 e. The summed E-state index contributed by atoms with van der Waals surface area (Å²) in [5.74, 6) is 0.0220. The van der Waals surface area contributed by atoms with Crippen molar-refractivity contribution in [3.63, 3.8) is 0 Å². The molecule has 4 aromatic heterocycles. The number of pyridine rings is 1. The van der Waals surface area contributed by atoms with Gasteiger partial charge < -0.3 is 9.88 Å². The van der Waals surface area contributed by atoms with Crippen molar-refractivity contribution in [3.8, 4) is 28.5 Å². The number of anilines is 1. The van der Waals surface area contributed by atoms with Crippen molar-refractivity contribution >= 4 is 33.5 Å². The maximum absolute atomic E-state index is 14.3. The van der Waals surface area contributed by atoms with Gasteiger partial charge in [-0.3, -0.25) is 19.1 Å². The van der Waals surface area contributed by atoms with Crippen molar-refractivity contribution in [3.05, 3.63) is 48.5 Å². The monoisotopic (exact) mass is 627 g/mol. The third-order valence-corrected chi connectivity index (χ3v) is 10.6. The summed E-state index contributed by atoms with van der Waals surface area (Å²) in [4.78, 5) is 26.6. The van der Waals surface area contributed by atoms with E-state index in [-0.39, 0.29) is 11.4 Å². The van der Waals surface area contributed by atoms with Gasteiger partial charge in [0, 0.05) is 66.4 Å². The largest absolute Gasteiger partial charge is 0.408 e. The van der Waals surface area contributed by atoms with Gasteiger partial charge in [0.2, 0.25) is 5.91 Å². The average Bonchev–Trinajstić information content (AvgIpc) is 3.76. The first-order valence-corrected chi connectivity index (χ1v) is 15.5. The molecule has 1 saturated heterocycles. The Morgan fingerprint density at radius 3 is 2.52 bits per heavy atom. The van der Waals surface area contributed by atoms with E-state index in [0.29, 0.717) is 49.3 Å². The van der Waals surface area contributed by atoms with Gasteiger partial charge in [0.15, 0.2) is 0 Å². The van der Waals surface area contributed by atoms with Crippen LogP contribution in [0.25, 0.3) is 44.3 Å². The molecule has 46 heavy (non-hydrogen) atoms. The predicted octanol–water partition coefficient (Wildman–Crippen LogP) is 5.69. The van der Waals surface area contributed by atoms with Crippen molar-refractivity contribution < 1.29 is 18.0 Å². The van der Waals surface area contributed by atoms with Crippen molar-refractivity contribution in [1.82, 2.24) is 34.4 Å². The number of rotatable bonds is 5. The van der Waals surface area contributed by atoms with Crippen LogP contribution in [0.4, 0.5) is 18.9 Å². The van der Waals surface area contributed by atoms with E-state index in [1.807, 2.05) is 25.2 Å². The highest BCUT2D eigenvalue weighted by molar-refractivity contribution is 6.16. The number of amides is 1. The molecule has 10 nitrogen and oxygen atoms in total. The molecule has 2 fully saturated rings. The Labute approximate surface area is 262 Å². The van der Waals surface area contributed by atoms with Gasteiger partial charge in [0.05, 0.1) is 53.4 Å². The number of nitrogens with zero attached hydrogens (tertiary/aromatic N) is 8. The maximum atomic E-state index is 14.3. The fraction of sp³-hybridized carbons (Fsp3) is 0.424. The second kappa shape index (κ2) is 9.90. The second-order valence-corrected chi connectivity index (χ2v) is 13.0. The number of aromatic amines is 1. The first kappa shape index (κ1) is 28.8. The van der Waals surface area contributed by atoms with Crippen molar-refractivity contribution in [2.24, 2.45) is 7.05 Å². The number of halogens is 3. The van der Waals surface area contributed by atoms with Gasteiger partial charge in [-0.2, -0.15) is 28.6 Å². The standard InChI is InChI=1S/C33H32F3N9O/c1-42-24-17-38-29-26(27(24)32(30(42)46)9-12-44(13-10-32)31(8-11-37)6-3-7-31)25(20-4-5-23-21(14-20)15-39-43(23)2)28(41-29)22-16-40-45(18-22)19-33(34,35)36/h4-5,14-18H,3,6-10,12-13,19H2,1-2H3,(H,38,41). The molecule has 2 aliphatic heterocycles. The summed E-state index contributed by atoms with van der Waals surface area (Å²) in [5, 5.41) is 19.7. The second-order valence-electron chi connectivity index (χ2n) is 13.0. The zero-order valence-electron chi connectivity index (χ0n) is 25.5. The van der Waals surface area contributed by atoms with E-state index in [1.54, 1.807) is 29.0 Å². The van der Waals surface area contributed by atoms with E-state index in [4.69, 9.17) is 4.98 Å². The first-order valence-electron chi connectivity index (χ1n) is 15.5. The van der Waals surface area contributed by atoms with E-state index in [9.17, 15) is 23.2 Å². The minimum Gasteiger partial charge on any atom is -0.339 e. The van der Waals surface area contributed by atoms with Gasteiger partial charge in [-0.15, -0.1) is 0 Å². The fourth-order valence-electron chi connectivity index (χ4n) is 8.17. The normalized spacial score (nSPS) is 19.2. The molecule has 8 rings (SSSR count). The van der Waals surface area contributed by atoms with Crippen LogP contribution >= 0.6 is 0 Å². The van der Waals surface area contributed by atoms with E-state index < -0.39 is 18.1 Å². The molecular formula is C33H32F3N9O. The Morgan fingerprint density at radius 2 is 1.83 bits per heavy atom. The van der Waals surface area contributed by atoms with Gasteiger partial charge in [-0.05, 0) is 49.8 Å². The van der Waals surface area contributed by atoms with Crippen molar-refractivity contribution in [1.29, 1.82) is 5.26 Å². The van der Waals surface area contributed by atoms with Gasteiger partial charge in [0.1, 0.15) is 12.2 Å². The Kier molecular flexibility index (Phi) is 6.19. The van der Waals surface area contributed by atoms with Crippen LogP contribution in [0.15, 0.2) is 43.0 Å². The molecule has 0 bridgehead atoms. The molecule has 1 N–H and O–H groups in total. The number of nitriles is 1. The Morgan fingerprint density at radius 1 is 1.04 bits per heavy atom. The number of likely N-dealkylation sites (N-methyl/N-ethyl adjacent to an activating group) is 1. The highest BCUT2D eigenvalue weighted by Crippen LogP contribution is 2.55. The molecule has 3 aliphatic rings. The number of likely N-dealkylation sites (tertiary alicyclic amines) is 1. The topological polar surface area (TPSA) is 112 Å². The number of aromatic nitrogens is 6. The molecule has 0 atom stereocenters. The molecule has 1 saturated carbocycles. The summed E-state index contributed by atoms with van der Waals surface area (Å²) < 4.78 is 42.5. The van der Waals surface area contributed by atoms with E-state index in [0.717, 1.165) is 62.6 Å². The predicted molar refractivity (Wildman–Crippen MR) is 166 cm³/mol. The number of hydrogen-bond donors (Lipinski definition) is 1. The summed E-state index contributed by atoms with van der Waals surface area (Å²) in [5.41, 5.74) is 4.90. The smallest absolute Gasteiger partial charge is 0.339 e. The third-order valence-electron chi connectivity index (χ3n) is 10.6. The van der Waals surface area contributed by atoms with E-state index in [1.165, 1.54) is 12.4 Å². The zero-order chi connectivity index (χ0) is 32.0. The lowest BCUT2D eigenvalue weighted by Gasteiger charge is -2.53. The summed E-state index contributed by atoms with van der Waals surface area (Å²) in [6.45, 7) is 0.191. The number of fused-ring (bicyclic) bond motifs is 5. The van der Waals surface area contributed by atoms with Crippen LogP contribution in [0.1, 0.15) is 44.1 Å². The lowest BCUT2D eigenvalue weighted by molar-refractivity contribution is -0.142. The third kappa shape index (κ3) is 4.12. The minimum absolute atomic E-state index is 0.0220. The highest BCUT2D eigenvalue weighted by Gasteiger charge is 2.55. The van der Waals surface area contributed by atoms with Gasteiger partial charge in [0.25, 0.3) is 0 Å². The molecule has 1 aromatic carbocycles. The van der Waals surface area contributed by atoms with Gasteiger partial charge >= 0.3 is 6.18 Å². The number of alkyl halides is 3. The summed E-state index contributed by atoms with van der Waals surface area (Å²) in [6.07, 6.45) is 6.69. The molecule has 6 heterocycles. The average molecular weight is 628 g/mol. The SMILES string of the molecule is CN1C(=O)C2(CCN(C3(CC#N)CCC3)CC2)c2c1cnc1[nH]c(-c3cnn(CC(F)(F)F)c3)c(-c3ccc4c(cnn4C)c3)c21. The molecule has 0 radical (unpaired) electrons. The molecule has 236 valence electrons.